The molecule has 106 valence electrons. The lowest BCUT2D eigenvalue weighted by Crippen LogP contribution is -2.45. The third kappa shape index (κ3) is 4.52. The minimum Gasteiger partial charge on any atom is -0.381 e. The molecule has 18 heavy (non-hydrogen) atoms. The van der Waals surface area contributed by atoms with Crippen LogP contribution in [0.15, 0.2) is 0 Å². The zero-order valence-electron chi connectivity index (χ0n) is 12.0. The van der Waals surface area contributed by atoms with Crippen molar-refractivity contribution in [3.8, 4) is 0 Å². The van der Waals surface area contributed by atoms with Gasteiger partial charge in [0.25, 0.3) is 0 Å². The first kappa shape index (κ1) is 14.3. The predicted molar refractivity (Wildman–Crippen MR) is 76.0 cm³/mol. The Morgan fingerprint density at radius 1 is 1.17 bits per heavy atom. The first-order valence-corrected chi connectivity index (χ1v) is 7.95. The second-order valence-electron chi connectivity index (χ2n) is 5.83. The van der Waals surface area contributed by atoms with Crippen LogP contribution in [0.4, 0.5) is 0 Å². The Labute approximate surface area is 112 Å². The second-order valence-corrected chi connectivity index (χ2v) is 5.83. The molecule has 0 aliphatic carbocycles. The maximum atomic E-state index is 5.58. The predicted octanol–water partition coefficient (Wildman–Crippen LogP) is 2.41. The summed E-state index contributed by atoms with van der Waals surface area (Å²) in [5, 5.41) is 3.72. The topological polar surface area (TPSA) is 24.5 Å². The first-order chi connectivity index (χ1) is 8.90. The van der Waals surface area contributed by atoms with E-state index >= 15 is 0 Å². The zero-order chi connectivity index (χ0) is 12.6. The van der Waals surface area contributed by atoms with E-state index in [4.69, 9.17) is 4.74 Å². The summed E-state index contributed by atoms with van der Waals surface area (Å²) in [6.07, 6.45) is 9.16. The average Bonchev–Trinajstić information content (AvgIpc) is 2.85. The van der Waals surface area contributed by atoms with Gasteiger partial charge in [-0.05, 0) is 58.2 Å². The van der Waals surface area contributed by atoms with E-state index in [0.717, 1.165) is 38.3 Å². The standard InChI is InChI=1S/C15H30N2O/c1-2-3-11-18-12-5-8-16-14-7-10-17-9-4-6-15(17)13-14/h14-16H,2-13H2,1H3. The minimum atomic E-state index is 0.764. The van der Waals surface area contributed by atoms with Gasteiger partial charge in [-0.1, -0.05) is 13.3 Å². The Morgan fingerprint density at radius 2 is 2.06 bits per heavy atom. The van der Waals surface area contributed by atoms with Gasteiger partial charge in [0.05, 0.1) is 0 Å². The lowest BCUT2D eigenvalue weighted by atomic mass is 9.97. The largest absolute Gasteiger partial charge is 0.381 e. The molecule has 2 fully saturated rings. The van der Waals surface area contributed by atoms with Crippen molar-refractivity contribution in [1.29, 1.82) is 0 Å². The number of fused-ring (bicyclic) bond motifs is 1. The zero-order valence-corrected chi connectivity index (χ0v) is 12.0. The number of unbranched alkanes of at least 4 members (excludes halogenated alkanes) is 1. The van der Waals surface area contributed by atoms with E-state index in [1.54, 1.807) is 0 Å². The van der Waals surface area contributed by atoms with Crippen LogP contribution < -0.4 is 5.32 Å². The Bertz CT molecular complexity index is 223. The summed E-state index contributed by atoms with van der Waals surface area (Å²) in [5.74, 6) is 0. The van der Waals surface area contributed by atoms with Gasteiger partial charge in [-0.25, -0.2) is 0 Å². The van der Waals surface area contributed by atoms with E-state index < -0.39 is 0 Å². The Morgan fingerprint density at radius 3 is 2.94 bits per heavy atom. The van der Waals surface area contributed by atoms with Gasteiger partial charge in [-0.15, -0.1) is 0 Å². The summed E-state index contributed by atoms with van der Waals surface area (Å²) in [7, 11) is 0. The van der Waals surface area contributed by atoms with Crippen LogP contribution in [0.3, 0.4) is 0 Å². The SMILES string of the molecule is CCCCOCCCNC1CCN2CCCC2C1. The van der Waals surface area contributed by atoms with E-state index in [0.29, 0.717) is 0 Å². The fourth-order valence-electron chi connectivity index (χ4n) is 3.24. The number of rotatable bonds is 8. The molecule has 0 bridgehead atoms. The number of ether oxygens (including phenoxy) is 1. The lowest BCUT2D eigenvalue weighted by Gasteiger charge is -2.35. The van der Waals surface area contributed by atoms with Crippen molar-refractivity contribution in [1.82, 2.24) is 10.2 Å². The molecule has 0 radical (unpaired) electrons. The van der Waals surface area contributed by atoms with E-state index in [1.807, 2.05) is 0 Å². The third-order valence-electron chi connectivity index (χ3n) is 4.36. The van der Waals surface area contributed by atoms with Crippen LogP contribution >= 0.6 is 0 Å². The van der Waals surface area contributed by atoms with Gasteiger partial charge in [-0.3, -0.25) is 0 Å². The maximum Gasteiger partial charge on any atom is 0.0478 e. The van der Waals surface area contributed by atoms with E-state index in [-0.39, 0.29) is 0 Å². The number of hydrogen-bond acceptors (Lipinski definition) is 3. The highest BCUT2D eigenvalue weighted by atomic mass is 16.5. The van der Waals surface area contributed by atoms with Gasteiger partial charge in [0.15, 0.2) is 0 Å². The molecule has 2 rings (SSSR count). The lowest BCUT2D eigenvalue weighted by molar-refractivity contribution is 0.125. The van der Waals surface area contributed by atoms with Crippen LogP contribution in [0.25, 0.3) is 0 Å². The molecule has 3 nitrogen and oxygen atoms in total. The summed E-state index contributed by atoms with van der Waals surface area (Å²) >= 11 is 0. The molecule has 0 spiro atoms. The van der Waals surface area contributed by atoms with Crippen LogP contribution in [-0.2, 0) is 4.74 Å². The van der Waals surface area contributed by atoms with E-state index in [1.165, 1.54) is 51.6 Å². The van der Waals surface area contributed by atoms with Crippen molar-refractivity contribution in [3.05, 3.63) is 0 Å². The van der Waals surface area contributed by atoms with Gasteiger partial charge in [-0.2, -0.15) is 0 Å². The number of piperidine rings is 1. The van der Waals surface area contributed by atoms with Gasteiger partial charge in [0.2, 0.25) is 0 Å². The number of hydrogen-bond donors (Lipinski definition) is 1. The first-order valence-electron chi connectivity index (χ1n) is 7.95. The molecular weight excluding hydrogens is 224 g/mol. The highest BCUT2D eigenvalue weighted by Gasteiger charge is 2.31. The molecule has 1 N–H and O–H groups in total. The molecule has 2 saturated heterocycles. The van der Waals surface area contributed by atoms with Gasteiger partial charge >= 0.3 is 0 Å². The summed E-state index contributed by atoms with van der Waals surface area (Å²) in [6.45, 7) is 7.87. The molecule has 2 aliphatic rings. The Hall–Kier alpha value is -0.120. The fourth-order valence-corrected chi connectivity index (χ4v) is 3.24. The third-order valence-corrected chi connectivity index (χ3v) is 4.36. The molecule has 0 aromatic carbocycles. The Kier molecular flexibility index (Phi) is 6.46. The number of nitrogens with zero attached hydrogens (tertiary/aromatic N) is 1. The molecule has 2 atom stereocenters. The summed E-state index contributed by atoms with van der Waals surface area (Å²) in [5.41, 5.74) is 0. The summed E-state index contributed by atoms with van der Waals surface area (Å²) in [4.78, 5) is 2.69. The smallest absolute Gasteiger partial charge is 0.0478 e. The molecule has 2 heterocycles. The van der Waals surface area contributed by atoms with Crippen molar-refractivity contribution in [3.63, 3.8) is 0 Å². The second kappa shape index (κ2) is 8.13. The van der Waals surface area contributed by atoms with Crippen molar-refractivity contribution in [2.45, 2.75) is 64.0 Å². The van der Waals surface area contributed by atoms with Gasteiger partial charge in [0, 0.05) is 25.3 Å². The summed E-state index contributed by atoms with van der Waals surface area (Å²) < 4.78 is 5.58. The van der Waals surface area contributed by atoms with Crippen LogP contribution in [0.5, 0.6) is 0 Å². The average molecular weight is 254 g/mol. The molecule has 0 aromatic rings. The van der Waals surface area contributed by atoms with Gasteiger partial charge < -0.3 is 15.0 Å². The molecular formula is C15H30N2O. The fraction of sp³-hybridized carbons (Fsp3) is 1.00. The molecule has 0 saturated carbocycles. The minimum absolute atomic E-state index is 0.764. The van der Waals surface area contributed by atoms with E-state index in [9.17, 15) is 0 Å². The summed E-state index contributed by atoms with van der Waals surface area (Å²) in [6, 6.07) is 1.65. The van der Waals surface area contributed by atoms with Crippen molar-refractivity contribution >= 4 is 0 Å². The molecule has 0 amide bonds. The monoisotopic (exact) mass is 254 g/mol. The van der Waals surface area contributed by atoms with E-state index in [2.05, 4.69) is 17.1 Å². The van der Waals surface area contributed by atoms with Gasteiger partial charge in [0.1, 0.15) is 0 Å². The quantitative estimate of drug-likeness (QED) is 0.673. The molecule has 3 heteroatoms. The molecule has 2 aliphatic heterocycles. The van der Waals surface area contributed by atoms with Crippen LogP contribution in [-0.4, -0.2) is 49.8 Å². The molecule has 0 aromatic heterocycles. The normalized spacial score (nSPS) is 28.5. The maximum absolute atomic E-state index is 5.58. The number of nitrogens with one attached hydrogen (secondary N) is 1. The van der Waals surface area contributed by atoms with Crippen molar-refractivity contribution < 1.29 is 4.74 Å². The Balaban J connectivity index is 1.47. The van der Waals surface area contributed by atoms with Crippen LogP contribution in [0.1, 0.15) is 51.9 Å². The molecule has 2 unspecified atom stereocenters. The highest BCUT2D eigenvalue weighted by molar-refractivity contribution is 4.89. The highest BCUT2D eigenvalue weighted by Crippen LogP contribution is 2.26. The van der Waals surface area contributed by atoms with Crippen molar-refractivity contribution in [2.24, 2.45) is 0 Å². The van der Waals surface area contributed by atoms with Crippen LogP contribution in [0, 0.1) is 0 Å². The van der Waals surface area contributed by atoms with Crippen molar-refractivity contribution in [2.75, 3.05) is 32.8 Å². The van der Waals surface area contributed by atoms with Crippen LogP contribution in [0.2, 0.25) is 0 Å².